The van der Waals surface area contributed by atoms with Gasteiger partial charge in [-0.25, -0.2) is 4.98 Å². The highest BCUT2D eigenvalue weighted by molar-refractivity contribution is 5.59. The Morgan fingerprint density at radius 2 is 1.86 bits per heavy atom. The van der Waals surface area contributed by atoms with Crippen LogP contribution >= 0.6 is 0 Å². The van der Waals surface area contributed by atoms with Crippen molar-refractivity contribution in [3.63, 3.8) is 0 Å². The minimum Gasteiger partial charge on any atom is -0.378 e. The van der Waals surface area contributed by atoms with Crippen molar-refractivity contribution in [2.75, 3.05) is 26.3 Å². The Balaban J connectivity index is 1.43. The molecule has 2 aliphatic heterocycles. The molecule has 0 radical (unpaired) electrons. The van der Waals surface area contributed by atoms with E-state index in [0.29, 0.717) is 35.2 Å². The maximum absolute atomic E-state index is 13.3. The molecule has 0 unspecified atom stereocenters. The van der Waals surface area contributed by atoms with Gasteiger partial charge in [-0.3, -0.25) is 9.88 Å². The van der Waals surface area contributed by atoms with Gasteiger partial charge >= 0.3 is 6.18 Å². The lowest BCUT2D eigenvalue weighted by atomic mass is 10.1. The van der Waals surface area contributed by atoms with E-state index in [1.54, 1.807) is 0 Å². The molecule has 3 fully saturated rings. The summed E-state index contributed by atoms with van der Waals surface area (Å²) in [6, 6.07) is 2.13. The van der Waals surface area contributed by atoms with Gasteiger partial charge in [0, 0.05) is 48.7 Å². The summed E-state index contributed by atoms with van der Waals surface area (Å²) in [6.45, 7) is 9.34. The van der Waals surface area contributed by atoms with E-state index >= 15 is 0 Å². The zero-order chi connectivity index (χ0) is 20.5. The zero-order valence-electron chi connectivity index (χ0n) is 16.8. The Labute approximate surface area is 167 Å². The quantitative estimate of drug-likeness (QED) is 0.773. The summed E-state index contributed by atoms with van der Waals surface area (Å²) < 4.78 is 47.5. The first kappa shape index (κ1) is 19.1. The maximum Gasteiger partial charge on any atom is 0.418 e. The molecule has 5 nitrogen and oxygen atoms in total. The smallest absolute Gasteiger partial charge is 0.378 e. The van der Waals surface area contributed by atoms with Crippen LogP contribution in [0.1, 0.15) is 42.9 Å². The molecule has 0 amide bonds. The van der Waals surface area contributed by atoms with Crippen molar-refractivity contribution in [3.05, 3.63) is 35.5 Å². The molecule has 0 spiro atoms. The predicted octanol–water partition coefficient (Wildman–Crippen LogP) is 3.90. The number of hydrogen-bond acceptors (Lipinski definition) is 4. The third kappa shape index (κ3) is 3.17. The Morgan fingerprint density at radius 3 is 2.41 bits per heavy atom. The number of hydrogen-bond donors (Lipinski definition) is 0. The molecule has 156 valence electrons. The van der Waals surface area contributed by atoms with E-state index in [4.69, 9.17) is 9.72 Å². The van der Waals surface area contributed by atoms with Gasteiger partial charge in [-0.05, 0) is 24.8 Å². The molecule has 1 saturated carbocycles. The summed E-state index contributed by atoms with van der Waals surface area (Å²) in [5.74, 6) is 2.32. The van der Waals surface area contributed by atoms with Crippen molar-refractivity contribution in [2.45, 2.75) is 44.9 Å². The van der Waals surface area contributed by atoms with Crippen molar-refractivity contribution in [3.8, 4) is 11.3 Å². The highest BCUT2D eigenvalue weighted by atomic mass is 19.4. The molecule has 0 aromatic carbocycles. The van der Waals surface area contributed by atoms with Gasteiger partial charge in [0.25, 0.3) is 0 Å². The Bertz CT molecular complexity index is 922. The van der Waals surface area contributed by atoms with Crippen LogP contribution in [0.25, 0.3) is 11.3 Å². The van der Waals surface area contributed by atoms with E-state index < -0.39 is 11.7 Å². The number of fused-ring (bicyclic) bond motifs is 1. The van der Waals surface area contributed by atoms with Crippen LogP contribution in [0.15, 0.2) is 18.5 Å². The minimum absolute atomic E-state index is 0.0124. The average molecular weight is 406 g/mol. The second-order valence-corrected chi connectivity index (χ2v) is 8.86. The highest BCUT2D eigenvalue weighted by Crippen LogP contribution is 2.57. The number of rotatable bonds is 4. The highest BCUT2D eigenvalue weighted by Gasteiger charge is 2.58. The number of halogens is 3. The minimum atomic E-state index is -4.42. The third-order valence-corrected chi connectivity index (χ3v) is 6.60. The van der Waals surface area contributed by atoms with Crippen molar-refractivity contribution in [1.29, 1.82) is 0 Å². The van der Waals surface area contributed by atoms with Crippen molar-refractivity contribution in [1.82, 2.24) is 19.4 Å². The van der Waals surface area contributed by atoms with Crippen LogP contribution < -0.4 is 0 Å². The van der Waals surface area contributed by atoms with Crippen LogP contribution in [0.3, 0.4) is 0 Å². The monoisotopic (exact) mass is 406 g/mol. The maximum atomic E-state index is 13.3. The predicted molar refractivity (Wildman–Crippen MR) is 101 cm³/mol. The summed E-state index contributed by atoms with van der Waals surface area (Å²) in [4.78, 5) is 11.2. The van der Waals surface area contributed by atoms with E-state index in [1.807, 2.05) is 6.20 Å². The van der Waals surface area contributed by atoms with Gasteiger partial charge in [0.15, 0.2) is 0 Å². The van der Waals surface area contributed by atoms with Crippen LogP contribution in [0, 0.1) is 18.8 Å². The van der Waals surface area contributed by atoms with Gasteiger partial charge < -0.3 is 9.30 Å². The van der Waals surface area contributed by atoms with E-state index in [9.17, 15) is 13.2 Å². The molecular weight excluding hydrogens is 381 g/mol. The number of alkyl halides is 3. The van der Waals surface area contributed by atoms with Gasteiger partial charge in [0.2, 0.25) is 0 Å². The van der Waals surface area contributed by atoms with Gasteiger partial charge in [-0.2, -0.15) is 13.2 Å². The molecule has 3 aliphatic rings. The Morgan fingerprint density at radius 1 is 1.17 bits per heavy atom. The summed E-state index contributed by atoms with van der Waals surface area (Å²) in [5, 5.41) is 0. The van der Waals surface area contributed by atoms with Gasteiger partial charge in [-0.15, -0.1) is 0 Å². The first-order valence-corrected chi connectivity index (χ1v) is 10.2. The molecule has 5 rings (SSSR count). The fourth-order valence-electron chi connectivity index (χ4n) is 4.85. The summed E-state index contributed by atoms with van der Waals surface area (Å²) >= 11 is 0. The lowest BCUT2D eigenvalue weighted by Gasteiger charge is -2.36. The second-order valence-electron chi connectivity index (χ2n) is 8.86. The van der Waals surface area contributed by atoms with E-state index in [0.717, 1.165) is 32.1 Å². The lowest BCUT2D eigenvalue weighted by Crippen LogP contribution is -2.49. The number of ether oxygens (including phenoxy) is 1. The van der Waals surface area contributed by atoms with Gasteiger partial charge in [0.1, 0.15) is 5.82 Å². The summed E-state index contributed by atoms with van der Waals surface area (Å²) in [7, 11) is 0. The number of piperidine rings is 1. The molecule has 1 aliphatic carbocycles. The third-order valence-electron chi connectivity index (χ3n) is 6.60. The first-order valence-electron chi connectivity index (χ1n) is 10.2. The van der Waals surface area contributed by atoms with Crippen LogP contribution in [0.2, 0.25) is 0 Å². The largest absolute Gasteiger partial charge is 0.418 e. The molecule has 0 N–H and O–H groups in total. The molecule has 2 aromatic rings. The molecule has 4 heterocycles. The zero-order valence-corrected chi connectivity index (χ0v) is 16.8. The van der Waals surface area contributed by atoms with Crippen molar-refractivity contribution >= 4 is 0 Å². The molecule has 29 heavy (non-hydrogen) atoms. The van der Waals surface area contributed by atoms with Crippen molar-refractivity contribution < 1.29 is 17.9 Å². The van der Waals surface area contributed by atoms with Crippen LogP contribution in [0.4, 0.5) is 13.2 Å². The van der Waals surface area contributed by atoms with E-state index in [1.165, 1.54) is 19.2 Å². The number of likely N-dealkylation sites (tertiary alicyclic amines) is 1. The van der Waals surface area contributed by atoms with E-state index in [-0.39, 0.29) is 11.6 Å². The second kappa shape index (κ2) is 6.54. The fraction of sp³-hybridized carbons (Fsp3) is 0.619. The molecule has 8 heteroatoms. The lowest BCUT2D eigenvalue weighted by molar-refractivity contribution is -0.138. The van der Waals surface area contributed by atoms with Gasteiger partial charge in [0.05, 0.1) is 30.5 Å². The summed E-state index contributed by atoms with van der Waals surface area (Å²) in [5.41, 5.74) is 0.280. The van der Waals surface area contributed by atoms with Crippen LogP contribution in [-0.2, 0) is 10.9 Å². The first-order chi connectivity index (χ1) is 13.7. The molecule has 0 bridgehead atoms. The average Bonchev–Trinajstić information content (AvgIpc) is 2.96. The number of nitrogens with zero attached hydrogens (tertiary/aromatic N) is 4. The number of aryl methyl sites for hydroxylation is 1. The number of pyridine rings is 1. The topological polar surface area (TPSA) is 43.2 Å². The molecular formula is C21H25F3N4O. The SMILES string of the molecule is Cc1ncc(-c2cn([C@H]3[C@@H]4CN(C5COC5)C[C@@H]43)c(C(C)C)n2)cc1C(F)(F)F. The Kier molecular flexibility index (Phi) is 4.30. The standard InChI is InChI=1S/C21H25F3N4O/c1-11(2)20-26-18(13-4-17(21(22,23)24)12(3)25-5-13)8-28(20)19-15-6-27(7-16(15)19)14-9-29-10-14/h4-5,8,11,14-16,19H,6-7,9-10H2,1-3H3/t15-,16+,19+. The fourth-order valence-corrected chi connectivity index (χ4v) is 4.85. The van der Waals surface area contributed by atoms with Crippen LogP contribution in [-0.4, -0.2) is 51.8 Å². The normalized spacial score (nSPS) is 27.3. The number of aromatic nitrogens is 3. The summed E-state index contributed by atoms with van der Waals surface area (Å²) in [6.07, 6.45) is -0.992. The number of imidazole rings is 1. The molecule has 3 atom stereocenters. The Hall–Kier alpha value is -1.93. The molecule has 2 aromatic heterocycles. The van der Waals surface area contributed by atoms with Crippen molar-refractivity contribution in [2.24, 2.45) is 11.8 Å². The van der Waals surface area contributed by atoms with Gasteiger partial charge in [-0.1, -0.05) is 13.8 Å². The van der Waals surface area contributed by atoms with Crippen LogP contribution in [0.5, 0.6) is 0 Å². The van der Waals surface area contributed by atoms with E-state index in [2.05, 4.69) is 28.3 Å². The molecule has 2 saturated heterocycles.